The zero-order chi connectivity index (χ0) is 10.1. The van der Waals surface area contributed by atoms with Crippen molar-refractivity contribution in [2.45, 2.75) is 13.8 Å². The summed E-state index contributed by atoms with van der Waals surface area (Å²) in [5.74, 6) is 0. The molecule has 0 radical (unpaired) electrons. The van der Waals surface area contributed by atoms with E-state index in [9.17, 15) is 0 Å². The van der Waals surface area contributed by atoms with Gasteiger partial charge in [-0.25, -0.2) is 4.68 Å². The molecular formula is C11H11BrN2. The molecule has 0 amide bonds. The molecule has 0 aliphatic rings. The lowest BCUT2D eigenvalue weighted by atomic mass is 10.2. The van der Waals surface area contributed by atoms with Crippen molar-refractivity contribution in [3.05, 3.63) is 46.2 Å². The summed E-state index contributed by atoms with van der Waals surface area (Å²) in [6.07, 6.45) is 3.88. The lowest BCUT2D eigenvalue weighted by Gasteiger charge is -2.03. The molecule has 0 atom stereocenters. The van der Waals surface area contributed by atoms with Crippen molar-refractivity contribution >= 4 is 15.9 Å². The van der Waals surface area contributed by atoms with E-state index in [0.29, 0.717) is 0 Å². The number of aryl methyl sites for hydroxylation is 2. The van der Waals surface area contributed by atoms with Crippen LogP contribution in [0.1, 0.15) is 11.1 Å². The third kappa shape index (κ3) is 1.73. The van der Waals surface area contributed by atoms with E-state index in [1.807, 2.05) is 36.1 Å². The molecule has 2 nitrogen and oxygen atoms in total. The highest BCUT2D eigenvalue weighted by Crippen LogP contribution is 2.19. The van der Waals surface area contributed by atoms with Gasteiger partial charge >= 0.3 is 0 Å². The maximum atomic E-state index is 4.26. The highest BCUT2D eigenvalue weighted by molar-refractivity contribution is 9.10. The summed E-state index contributed by atoms with van der Waals surface area (Å²) < 4.78 is 3.01. The van der Waals surface area contributed by atoms with Gasteiger partial charge in [0.05, 0.1) is 11.9 Å². The fraction of sp³-hybridized carbons (Fsp3) is 0.182. The van der Waals surface area contributed by atoms with Gasteiger partial charge < -0.3 is 0 Å². The van der Waals surface area contributed by atoms with Crippen LogP contribution in [-0.4, -0.2) is 9.78 Å². The Hall–Kier alpha value is -1.09. The maximum Gasteiger partial charge on any atom is 0.0649 e. The Bertz CT molecular complexity index is 460. The Morgan fingerprint density at radius 1 is 1.29 bits per heavy atom. The molecule has 1 heterocycles. The zero-order valence-electron chi connectivity index (χ0n) is 8.16. The molecule has 0 N–H and O–H groups in total. The Balaban J connectivity index is 2.47. The second-order valence-corrected chi connectivity index (χ2v) is 4.25. The lowest BCUT2D eigenvalue weighted by Crippen LogP contribution is -1.94. The fourth-order valence-corrected chi connectivity index (χ4v) is 1.57. The summed E-state index contributed by atoms with van der Waals surface area (Å²) in [6, 6.07) is 6.20. The monoisotopic (exact) mass is 250 g/mol. The highest BCUT2D eigenvalue weighted by Gasteiger charge is 2.00. The van der Waals surface area contributed by atoms with Gasteiger partial charge in [0.2, 0.25) is 0 Å². The van der Waals surface area contributed by atoms with E-state index in [1.54, 1.807) is 0 Å². The number of benzene rings is 1. The van der Waals surface area contributed by atoms with Gasteiger partial charge in [0.25, 0.3) is 0 Å². The van der Waals surface area contributed by atoms with E-state index in [1.165, 1.54) is 11.1 Å². The van der Waals surface area contributed by atoms with Gasteiger partial charge in [0.1, 0.15) is 0 Å². The highest BCUT2D eigenvalue weighted by atomic mass is 79.9. The molecule has 0 saturated carbocycles. The number of rotatable bonds is 1. The van der Waals surface area contributed by atoms with Crippen LogP contribution in [0.25, 0.3) is 5.69 Å². The van der Waals surface area contributed by atoms with Crippen molar-refractivity contribution in [2.24, 2.45) is 0 Å². The molecule has 0 fully saturated rings. The van der Waals surface area contributed by atoms with Gasteiger partial charge in [-0.2, -0.15) is 5.10 Å². The number of hydrogen-bond donors (Lipinski definition) is 0. The summed E-state index contributed by atoms with van der Waals surface area (Å²) in [6.45, 7) is 4.11. The number of nitrogens with zero attached hydrogens (tertiary/aromatic N) is 2. The van der Waals surface area contributed by atoms with Crippen molar-refractivity contribution < 1.29 is 0 Å². The molecule has 0 aliphatic carbocycles. The van der Waals surface area contributed by atoms with E-state index in [2.05, 4.69) is 34.0 Å². The van der Waals surface area contributed by atoms with Crippen molar-refractivity contribution in [2.75, 3.05) is 0 Å². The molecule has 2 aromatic rings. The van der Waals surface area contributed by atoms with Crippen LogP contribution in [0.2, 0.25) is 0 Å². The Morgan fingerprint density at radius 2 is 2.07 bits per heavy atom. The van der Waals surface area contributed by atoms with E-state index in [0.717, 1.165) is 10.2 Å². The summed E-state index contributed by atoms with van der Waals surface area (Å²) >= 11 is 3.48. The van der Waals surface area contributed by atoms with Gasteiger partial charge in [0.15, 0.2) is 0 Å². The second kappa shape index (κ2) is 3.58. The summed E-state index contributed by atoms with van der Waals surface area (Å²) in [5, 5.41) is 4.26. The van der Waals surface area contributed by atoms with Crippen molar-refractivity contribution in [1.82, 2.24) is 9.78 Å². The maximum absolute atomic E-state index is 4.26. The van der Waals surface area contributed by atoms with Gasteiger partial charge in [0, 0.05) is 10.7 Å². The molecule has 0 spiro atoms. The summed E-state index contributed by atoms with van der Waals surface area (Å²) in [7, 11) is 0. The molecule has 72 valence electrons. The van der Waals surface area contributed by atoms with Crippen LogP contribution in [0.5, 0.6) is 0 Å². The smallest absolute Gasteiger partial charge is 0.0649 e. The third-order valence-corrected chi connectivity index (χ3v) is 3.01. The topological polar surface area (TPSA) is 17.8 Å². The SMILES string of the molecule is Cc1cnn(-c2ccc(Br)c(C)c2)c1. The van der Waals surface area contributed by atoms with E-state index < -0.39 is 0 Å². The van der Waals surface area contributed by atoms with Gasteiger partial charge in [-0.1, -0.05) is 15.9 Å². The van der Waals surface area contributed by atoms with E-state index >= 15 is 0 Å². The first kappa shape index (κ1) is 9.46. The molecule has 0 saturated heterocycles. The normalized spacial score (nSPS) is 10.5. The quantitative estimate of drug-likeness (QED) is 0.760. The van der Waals surface area contributed by atoms with Crippen molar-refractivity contribution in [1.29, 1.82) is 0 Å². The van der Waals surface area contributed by atoms with Crippen LogP contribution in [-0.2, 0) is 0 Å². The molecule has 2 rings (SSSR count). The average Bonchev–Trinajstić information content (AvgIpc) is 2.57. The molecule has 14 heavy (non-hydrogen) atoms. The molecule has 0 bridgehead atoms. The molecular weight excluding hydrogens is 240 g/mol. The molecule has 3 heteroatoms. The summed E-state index contributed by atoms with van der Waals surface area (Å²) in [4.78, 5) is 0. The predicted molar refractivity (Wildman–Crippen MR) is 60.7 cm³/mol. The van der Waals surface area contributed by atoms with Crippen LogP contribution >= 0.6 is 15.9 Å². The fourth-order valence-electron chi connectivity index (χ4n) is 1.33. The largest absolute Gasteiger partial charge is 0.241 e. The number of aromatic nitrogens is 2. The van der Waals surface area contributed by atoms with Crippen LogP contribution < -0.4 is 0 Å². The molecule has 0 unspecified atom stereocenters. The van der Waals surface area contributed by atoms with Gasteiger partial charge in [-0.3, -0.25) is 0 Å². The van der Waals surface area contributed by atoms with Crippen LogP contribution in [0.15, 0.2) is 35.1 Å². The predicted octanol–water partition coefficient (Wildman–Crippen LogP) is 3.25. The molecule has 1 aromatic heterocycles. The lowest BCUT2D eigenvalue weighted by molar-refractivity contribution is 0.878. The van der Waals surface area contributed by atoms with Gasteiger partial charge in [-0.15, -0.1) is 0 Å². The van der Waals surface area contributed by atoms with Crippen molar-refractivity contribution in [3.8, 4) is 5.69 Å². The van der Waals surface area contributed by atoms with E-state index in [-0.39, 0.29) is 0 Å². The Labute approximate surface area is 91.7 Å². The minimum Gasteiger partial charge on any atom is -0.241 e. The Morgan fingerprint density at radius 3 is 2.64 bits per heavy atom. The summed E-state index contributed by atoms with van der Waals surface area (Å²) in [5.41, 5.74) is 3.49. The van der Waals surface area contributed by atoms with E-state index in [4.69, 9.17) is 0 Å². The zero-order valence-corrected chi connectivity index (χ0v) is 9.75. The first-order valence-corrected chi connectivity index (χ1v) is 5.24. The number of halogens is 1. The standard InChI is InChI=1S/C11H11BrN2/c1-8-6-13-14(7-8)10-3-4-11(12)9(2)5-10/h3-7H,1-2H3. The first-order chi connectivity index (χ1) is 6.66. The molecule has 0 aliphatic heterocycles. The van der Waals surface area contributed by atoms with Crippen LogP contribution in [0.4, 0.5) is 0 Å². The minimum absolute atomic E-state index is 1.10. The average molecular weight is 251 g/mol. The van der Waals surface area contributed by atoms with Gasteiger partial charge in [-0.05, 0) is 43.2 Å². The number of hydrogen-bond acceptors (Lipinski definition) is 1. The Kier molecular flexibility index (Phi) is 2.42. The van der Waals surface area contributed by atoms with Crippen molar-refractivity contribution in [3.63, 3.8) is 0 Å². The second-order valence-electron chi connectivity index (χ2n) is 3.40. The molecule has 1 aromatic carbocycles. The third-order valence-electron chi connectivity index (χ3n) is 2.12. The van der Waals surface area contributed by atoms with Crippen LogP contribution in [0, 0.1) is 13.8 Å². The van der Waals surface area contributed by atoms with Crippen LogP contribution in [0.3, 0.4) is 0 Å². The minimum atomic E-state index is 1.10. The first-order valence-electron chi connectivity index (χ1n) is 4.44.